The van der Waals surface area contributed by atoms with Gasteiger partial charge in [-0.05, 0) is 40.8 Å². The summed E-state index contributed by atoms with van der Waals surface area (Å²) in [5, 5.41) is 0. The minimum atomic E-state index is -0.186. The van der Waals surface area contributed by atoms with Crippen molar-refractivity contribution in [3.8, 4) is 11.5 Å². The van der Waals surface area contributed by atoms with Crippen LogP contribution in [0.3, 0.4) is 0 Å². The number of rotatable bonds is 2. The van der Waals surface area contributed by atoms with Crippen molar-refractivity contribution in [2.45, 2.75) is 31.8 Å². The van der Waals surface area contributed by atoms with E-state index in [4.69, 9.17) is 9.47 Å². The largest absolute Gasteiger partial charge is 0.493 e. The van der Waals surface area contributed by atoms with Gasteiger partial charge in [-0.15, -0.1) is 0 Å². The molecule has 3 heteroatoms. The Hall–Kier alpha value is -3.85. The first kappa shape index (κ1) is 22.9. The number of carbonyl (C=O) groups is 1. The van der Waals surface area contributed by atoms with E-state index in [9.17, 15) is 4.79 Å². The minimum Gasteiger partial charge on any atom is -0.493 e. The molecule has 0 saturated carbocycles. The van der Waals surface area contributed by atoms with Crippen molar-refractivity contribution in [1.29, 1.82) is 0 Å². The average Bonchev–Trinajstić information content (AvgIpc) is 2.92. The highest BCUT2D eigenvalue weighted by Gasteiger charge is 2.34. The Morgan fingerprint density at radius 3 is 1.91 bits per heavy atom. The summed E-state index contributed by atoms with van der Waals surface area (Å²) in [6, 6.07) is 36.4. The van der Waals surface area contributed by atoms with Crippen LogP contribution in [0.1, 0.15) is 58.8 Å². The van der Waals surface area contributed by atoms with Crippen LogP contribution < -0.4 is 9.47 Å². The molecular weight excluding hydrogens is 432 g/mol. The van der Waals surface area contributed by atoms with Crippen molar-refractivity contribution in [1.82, 2.24) is 0 Å². The van der Waals surface area contributed by atoms with Crippen LogP contribution in [0.25, 0.3) is 0 Å². The third-order valence-electron chi connectivity index (χ3n) is 7.06. The van der Waals surface area contributed by atoms with Crippen LogP contribution in [0, 0.1) is 5.92 Å². The van der Waals surface area contributed by atoms with Crippen LogP contribution in [-0.2, 0) is 0 Å². The average molecular weight is 463 g/mol. The van der Waals surface area contributed by atoms with Crippen molar-refractivity contribution in [3.63, 3.8) is 0 Å². The number of ketones is 1. The van der Waals surface area contributed by atoms with E-state index in [0.717, 1.165) is 17.9 Å². The second kappa shape index (κ2) is 10.2. The molecule has 2 aliphatic heterocycles. The van der Waals surface area contributed by atoms with Gasteiger partial charge in [0.15, 0.2) is 5.78 Å². The molecule has 3 nitrogen and oxygen atoms in total. The van der Waals surface area contributed by atoms with Gasteiger partial charge in [-0.2, -0.15) is 0 Å². The van der Waals surface area contributed by atoms with E-state index in [1.54, 1.807) is 0 Å². The maximum Gasteiger partial charge on any atom is 0.173 e. The van der Waals surface area contributed by atoms with Gasteiger partial charge in [-0.25, -0.2) is 0 Å². The fourth-order valence-electron chi connectivity index (χ4n) is 5.01. The molecule has 2 heterocycles. The van der Waals surface area contributed by atoms with Gasteiger partial charge in [0, 0.05) is 5.92 Å². The lowest BCUT2D eigenvalue weighted by Crippen LogP contribution is -2.29. The van der Waals surface area contributed by atoms with Crippen LogP contribution in [0.15, 0.2) is 109 Å². The summed E-state index contributed by atoms with van der Waals surface area (Å²) in [7, 11) is 0. The molecule has 4 aromatic carbocycles. The number of carbonyl (C=O) groups excluding carboxylic acids is 1. The van der Waals surface area contributed by atoms with Crippen LogP contribution in [0.2, 0.25) is 0 Å². The van der Waals surface area contributed by atoms with E-state index in [2.05, 4.69) is 55.5 Å². The minimum absolute atomic E-state index is 0.151. The Morgan fingerprint density at radius 1 is 0.629 bits per heavy atom. The number of ether oxygens (including phenoxy) is 2. The highest BCUT2D eigenvalue weighted by molar-refractivity contribution is 6.01. The number of benzene rings is 4. The molecule has 0 aromatic heterocycles. The summed E-state index contributed by atoms with van der Waals surface area (Å²) in [5.74, 6) is 2.73. The Morgan fingerprint density at radius 2 is 1.20 bits per heavy atom. The molecule has 0 amide bonds. The van der Waals surface area contributed by atoms with E-state index in [0.29, 0.717) is 23.1 Å². The SMILES string of the molecule is CC1C(=O)c2ccccc2OC1c1ccccc1.CC1c2ccccc2OCC1c1ccccc1. The molecule has 2 aliphatic rings. The summed E-state index contributed by atoms with van der Waals surface area (Å²) in [6.07, 6.45) is -0.186. The van der Waals surface area contributed by atoms with E-state index in [-0.39, 0.29) is 17.8 Å². The number of hydrogen-bond acceptors (Lipinski definition) is 3. The zero-order valence-corrected chi connectivity index (χ0v) is 20.1. The highest BCUT2D eigenvalue weighted by atomic mass is 16.5. The Kier molecular flexibility index (Phi) is 6.67. The lowest BCUT2D eigenvalue weighted by molar-refractivity contribution is 0.0690. The molecule has 0 spiro atoms. The lowest BCUT2D eigenvalue weighted by atomic mass is 9.81. The fourth-order valence-corrected chi connectivity index (χ4v) is 5.01. The Labute approximate surface area is 207 Å². The summed E-state index contributed by atoms with van der Waals surface area (Å²) < 4.78 is 11.8. The van der Waals surface area contributed by atoms with Gasteiger partial charge in [0.1, 0.15) is 17.6 Å². The van der Waals surface area contributed by atoms with Gasteiger partial charge in [-0.1, -0.05) is 105 Å². The van der Waals surface area contributed by atoms with E-state index in [1.165, 1.54) is 11.1 Å². The van der Waals surface area contributed by atoms with Gasteiger partial charge in [0.2, 0.25) is 0 Å². The van der Waals surface area contributed by atoms with Crippen molar-refractivity contribution in [2.75, 3.05) is 6.61 Å². The molecule has 4 atom stereocenters. The third kappa shape index (κ3) is 4.72. The predicted octanol–water partition coefficient (Wildman–Crippen LogP) is 7.61. The maximum atomic E-state index is 12.3. The summed E-state index contributed by atoms with van der Waals surface area (Å²) >= 11 is 0. The van der Waals surface area contributed by atoms with Gasteiger partial charge in [0.05, 0.1) is 18.1 Å². The highest BCUT2D eigenvalue weighted by Crippen LogP contribution is 2.41. The molecular formula is C32H30O3. The zero-order chi connectivity index (χ0) is 24.2. The molecule has 0 fully saturated rings. The van der Waals surface area contributed by atoms with Crippen LogP contribution in [0.4, 0.5) is 0 Å². The van der Waals surface area contributed by atoms with Crippen LogP contribution in [-0.4, -0.2) is 12.4 Å². The molecule has 0 radical (unpaired) electrons. The fraction of sp³-hybridized carbons (Fsp3) is 0.219. The molecule has 4 aromatic rings. The van der Waals surface area contributed by atoms with Crippen LogP contribution >= 0.6 is 0 Å². The molecule has 0 aliphatic carbocycles. The zero-order valence-electron chi connectivity index (χ0n) is 20.1. The van der Waals surface area contributed by atoms with E-state index in [1.807, 2.05) is 67.6 Å². The summed E-state index contributed by atoms with van der Waals surface area (Å²) in [6.45, 7) is 5.00. The van der Waals surface area contributed by atoms with Crippen molar-refractivity contribution >= 4 is 5.78 Å². The number of para-hydroxylation sites is 2. The normalized spacial score (nSPS) is 22.4. The standard InChI is InChI=1S/C16H14O2.C16H16O/c1-11-15(17)13-9-5-6-10-14(13)18-16(11)12-7-3-2-4-8-12;1-12-14-9-5-6-10-16(14)17-11-15(12)13-7-3-2-4-8-13/h2-11,16H,1H3;2-10,12,15H,11H2,1H3. The summed E-state index contributed by atoms with van der Waals surface area (Å²) in [5.41, 5.74) is 4.44. The van der Waals surface area contributed by atoms with Crippen LogP contribution in [0.5, 0.6) is 11.5 Å². The quantitative estimate of drug-likeness (QED) is 0.308. The third-order valence-corrected chi connectivity index (χ3v) is 7.06. The lowest BCUT2D eigenvalue weighted by Gasteiger charge is -2.31. The van der Waals surface area contributed by atoms with Crippen molar-refractivity contribution in [2.24, 2.45) is 5.92 Å². The van der Waals surface area contributed by atoms with Crippen molar-refractivity contribution < 1.29 is 14.3 Å². The molecule has 35 heavy (non-hydrogen) atoms. The number of fused-ring (bicyclic) bond motifs is 2. The molecule has 176 valence electrons. The smallest absolute Gasteiger partial charge is 0.173 e. The molecule has 0 saturated heterocycles. The van der Waals surface area contributed by atoms with Gasteiger partial charge >= 0.3 is 0 Å². The van der Waals surface area contributed by atoms with Gasteiger partial charge < -0.3 is 9.47 Å². The topological polar surface area (TPSA) is 35.5 Å². The summed E-state index contributed by atoms with van der Waals surface area (Å²) in [4.78, 5) is 12.3. The van der Waals surface area contributed by atoms with E-state index >= 15 is 0 Å². The second-order valence-electron chi connectivity index (χ2n) is 9.25. The first-order valence-electron chi connectivity index (χ1n) is 12.2. The predicted molar refractivity (Wildman–Crippen MR) is 139 cm³/mol. The Bertz CT molecular complexity index is 1280. The first-order valence-corrected chi connectivity index (χ1v) is 12.2. The molecule has 0 bridgehead atoms. The molecule has 4 unspecified atom stereocenters. The Balaban J connectivity index is 0.000000145. The molecule has 6 rings (SSSR count). The number of Topliss-reactive ketones (excluding diaryl/α,β-unsaturated/α-hetero) is 1. The van der Waals surface area contributed by atoms with E-state index < -0.39 is 0 Å². The maximum absolute atomic E-state index is 12.3. The first-order chi connectivity index (χ1) is 17.1. The number of hydrogen-bond donors (Lipinski definition) is 0. The van der Waals surface area contributed by atoms with Gasteiger partial charge in [-0.3, -0.25) is 4.79 Å². The molecule has 0 N–H and O–H groups in total. The monoisotopic (exact) mass is 462 g/mol. The second-order valence-corrected chi connectivity index (χ2v) is 9.25. The van der Waals surface area contributed by atoms with Crippen molar-refractivity contribution in [3.05, 3.63) is 131 Å². The van der Waals surface area contributed by atoms with Gasteiger partial charge in [0.25, 0.3) is 0 Å².